The molecule has 0 radical (unpaired) electrons. The molecule has 0 saturated carbocycles. The maximum atomic E-state index is 5.91. The predicted molar refractivity (Wildman–Crippen MR) is 76.6 cm³/mol. The lowest BCUT2D eigenvalue weighted by molar-refractivity contribution is 0.418. The van der Waals surface area contributed by atoms with Gasteiger partial charge < -0.3 is 5.32 Å². The minimum Gasteiger partial charge on any atom is -0.307 e. The minimum absolute atomic E-state index is 0.444. The van der Waals surface area contributed by atoms with E-state index in [-0.39, 0.29) is 0 Å². The third-order valence-electron chi connectivity index (χ3n) is 3.16. The van der Waals surface area contributed by atoms with Gasteiger partial charge in [0.2, 0.25) is 0 Å². The average molecular weight is 254 g/mol. The normalized spacial score (nSPS) is 14.6. The average Bonchev–Trinajstić information content (AvgIpc) is 2.34. The van der Waals surface area contributed by atoms with Gasteiger partial charge in [-0.2, -0.15) is 0 Å². The van der Waals surface area contributed by atoms with Crippen LogP contribution >= 0.6 is 11.6 Å². The van der Waals surface area contributed by atoms with Crippen molar-refractivity contribution < 1.29 is 0 Å². The maximum absolute atomic E-state index is 5.91. The number of hydrogen-bond acceptors (Lipinski definition) is 1. The zero-order chi connectivity index (χ0) is 12.7. The summed E-state index contributed by atoms with van der Waals surface area (Å²) in [5.74, 6) is 0. The summed E-state index contributed by atoms with van der Waals surface area (Å²) >= 11 is 5.91. The van der Waals surface area contributed by atoms with Gasteiger partial charge in [-0.25, -0.2) is 0 Å². The quantitative estimate of drug-likeness (QED) is 0.724. The van der Waals surface area contributed by atoms with Gasteiger partial charge in [0.1, 0.15) is 0 Å². The molecule has 1 rings (SSSR count). The molecular formula is C15H24ClN. The Labute approximate surface area is 111 Å². The third kappa shape index (κ3) is 5.10. The first-order chi connectivity index (χ1) is 8.17. The summed E-state index contributed by atoms with van der Waals surface area (Å²) in [6.45, 7) is 6.73. The van der Waals surface area contributed by atoms with Crippen molar-refractivity contribution in [1.82, 2.24) is 5.32 Å². The van der Waals surface area contributed by atoms with Crippen molar-refractivity contribution in [2.24, 2.45) is 0 Å². The molecule has 0 aliphatic carbocycles. The highest BCUT2D eigenvalue weighted by Gasteiger charge is 2.11. The second-order valence-electron chi connectivity index (χ2n) is 4.72. The van der Waals surface area contributed by atoms with Crippen LogP contribution in [0.5, 0.6) is 0 Å². The van der Waals surface area contributed by atoms with Crippen LogP contribution in [-0.2, 0) is 0 Å². The number of nitrogens with one attached hydrogen (secondary N) is 1. The summed E-state index contributed by atoms with van der Waals surface area (Å²) < 4.78 is 0. The molecule has 0 fully saturated rings. The molecule has 2 atom stereocenters. The van der Waals surface area contributed by atoms with Crippen LogP contribution in [0.3, 0.4) is 0 Å². The van der Waals surface area contributed by atoms with E-state index in [1.54, 1.807) is 0 Å². The van der Waals surface area contributed by atoms with Crippen molar-refractivity contribution in [3.05, 3.63) is 34.9 Å². The first-order valence-corrected chi connectivity index (χ1v) is 7.06. The highest BCUT2D eigenvalue weighted by Crippen LogP contribution is 2.20. The molecule has 0 heterocycles. The SMILES string of the molecule is CCCCC(C)NC(CC)c1ccc(Cl)cc1. The highest BCUT2D eigenvalue weighted by molar-refractivity contribution is 6.30. The topological polar surface area (TPSA) is 12.0 Å². The number of halogens is 1. The molecule has 0 amide bonds. The van der Waals surface area contributed by atoms with Gasteiger partial charge in [0, 0.05) is 17.1 Å². The second kappa shape index (κ2) is 7.73. The monoisotopic (exact) mass is 253 g/mol. The Balaban J connectivity index is 2.56. The van der Waals surface area contributed by atoms with Gasteiger partial charge in [0.25, 0.3) is 0 Å². The van der Waals surface area contributed by atoms with Crippen LogP contribution in [0.1, 0.15) is 58.1 Å². The highest BCUT2D eigenvalue weighted by atomic mass is 35.5. The summed E-state index contributed by atoms with van der Waals surface area (Å²) in [6.07, 6.45) is 4.92. The second-order valence-corrected chi connectivity index (χ2v) is 5.16. The first-order valence-electron chi connectivity index (χ1n) is 6.68. The summed E-state index contributed by atoms with van der Waals surface area (Å²) in [4.78, 5) is 0. The van der Waals surface area contributed by atoms with Gasteiger partial charge in [0.15, 0.2) is 0 Å². The Kier molecular flexibility index (Phi) is 6.61. The fourth-order valence-corrected chi connectivity index (χ4v) is 2.21. The van der Waals surface area contributed by atoms with Gasteiger partial charge in [-0.3, -0.25) is 0 Å². The van der Waals surface area contributed by atoms with E-state index in [4.69, 9.17) is 11.6 Å². The van der Waals surface area contributed by atoms with Crippen LogP contribution < -0.4 is 5.32 Å². The number of benzene rings is 1. The molecule has 2 unspecified atom stereocenters. The fourth-order valence-electron chi connectivity index (χ4n) is 2.08. The number of rotatable bonds is 7. The molecule has 1 nitrogen and oxygen atoms in total. The molecule has 96 valence electrons. The van der Waals surface area contributed by atoms with Gasteiger partial charge in [-0.05, 0) is 37.5 Å². The molecule has 0 bridgehead atoms. The molecule has 0 spiro atoms. The van der Waals surface area contributed by atoms with Crippen molar-refractivity contribution >= 4 is 11.6 Å². The lowest BCUT2D eigenvalue weighted by Crippen LogP contribution is -2.30. The van der Waals surface area contributed by atoms with Crippen molar-refractivity contribution in [3.63, 3.8) is 0 Å². The van der Waals surface area contributed by atoms with Gasteiger partial charge in [-0.15, -0.1) is 0 Å². The van der Waals surface area contributed by atoms with Crippen LogP contribution in [0.25, 0.3) is 0 Å². The van der Waals surface area contributed by atoms with Crippen molar-refractivity contribution in [1.29, 1.82) is 0 Å². The molecule has 0 aromatic heterocycles. The summed E-state index contributed by atoms with van der Waals surface area (Å²) in [7, 11) is 0. The Morgan fingerprint density at radius 3 is 2.35 bits per heavy atom. The van der Waals surface area contributed by atoms with E-state index >= 15 is 0 Å². The smallest absolute Gasteiger partial charge is 0.0406 e. The number of hydrogen-bond donors (Lipinski definition) is 1. The molecular weight excluding hydrogens is 230 g/mol. The van der Waals surface area contributed by atoms with E-state index in [0.717, 1.165) is 11.4 Å². The van der Waals surface area contributed by atoms with Gasteiger partial charge >= 0.3 is 0 Å². The van der Waals surface area contributed by atoms with Crippen molar-refractivity contribution in [2.45, 2.75) is 58.5 Å². The molecule has 17 heavy (non-hydrogen) atoms. The van der Waals surface area contributed by atoms with E-state index in [1.165, 1.54) is 24.8 Å². The van der Waals surface area contributed by atoms with Gasteiger partial charge in [-0.1, -0.05) is 50.4 Å². The summed E-state index contributed by atoms with van der Waals surface area (Å²) in [5, 5.41) is 4.50. The van der Waals surface area contributed by atoms with E-state index in [9.17, 15) is 0 Å². The minimum atomic E-state index is 0.444. The number of unbranched alkanes of at least 4 members (excludes halogenated alkanes) is 1. The van der Waals surface area contributed by atoms with Crippen molar-refractivity contribution in [2.75, 3.05) is 0 Å². The Morgan fingerprint density at radius 1 is 1.18 bits per heavy atom. The summed E-state index contributed by atoms with van der Waals surface area (Å²) in [6, 6.07) is 9.21. The third-order valence-corrected chi connectivity index (χ3v) is 3.41. The lowest BCUT2D eigenvalue weighted by atomic mass is 10.0. The Hall–Kier alpha value is -0.530. The van der Waals surface area contributed by atoms with E-state index in [0.29, 0.717) is 12.1 Å². The maximum Gasteiger partial charge on any atom is 0.0406 e. The van der Waals surface area contributed by atoms with Crippen LogP contribution in [0.15, 0.2) is 24.3 Å². The lowest BCUT2D eigenvalue weighted by Gasteiger charge is -2.22. The van der Waals surface area contributed by atoms with E-state index < -0.39 is 0 Å². The van der Waals surface area contributed by atoms with Crippen LogP contribution in [-0.4, -0.2) is 6.04 Å². The molecule has 1 N–H and O–H groups in total. The van der Waals surface area contributed by atoms with E-state index in [2.05, 4.69) is 38.2 Å². The molecule has 0 saturated heterocycles. The molecule has 1 aromatic carbocycles. The molecule has 1 aromatic rings. The predicted octanol–water partition coefficient (Wildman–Crippen LogP) is 4.96. The Morgan fingerprint density at radius 2 is 1.82 bits per heavy atom. The first kappa shape index (κ1) is 14.5. The summed E-state index contributed by atoms with van der Waals surface area (Å²) in [5.41, 5.74) is 1.33. The van der Waals surface area contributed by atoms with E-state index in [1.807, 2.05) is 12.1 Å². The standard InChI is InChI=1S/C15H24ClN/c1-4-6-7-12(3)17-15(5-2)13-8-10-14(16)11-9-13/h8-12,15,17H,4-7H2,1-3H3. The van der Waals surface area contributed by atoms with Crippen LogP contribution in [0.4, 0.5) is 0 Å². The zero-order valence-corrected chi connectivity index (χ0v) is 11.9. The van der Waals surface area contributed by atoms with Crippen LogP contribution in [0, 0.1) is 0 Å². The fraction of sp³-hybridized carbons (Fsp3) is 0.600. The van der Waals surface area contributed by atoms with Crippen molar-refractivity contribution in [3.8, 4) is 0 Å². The molecule has 0 aliphatic heterocycles. The Bertz CT molecular complexity index is 307. The molecule has 2 heteroatoms. The van der Waals surface area contributed by atoms with Gasteiger partial charge in [0.05, 0.1) is 0 Å². The zero-order valence-electron chi connectivity index (χ0n) is 11.2. The van der Waals surface area contributed by atoms with Crippen LogP contribution in [0.2, 0.25) is 5.02 Å². The largest absolute Gasteiger partial charge is 0.307 e. The molecule has 0 aliphatic rings.